The number of nitrogens with zero attached hydrogens (tertiary/aromatic N) is 2. The first-order valence-corrected chi connectivity index (χ1v) is 11.4. The maximum Gasteiger partial charge on any atom is 0.242 e. The number of fused-ring (bicyclic) bond motifs is 2. The second-order valence-corrected chi connectivity index (χ2v) is 9.44. The van der Waals surface area contributed by atoms with Crippen LogP contribution in [0.5, 0.6) is 0 Å². The smallest absolute Gasteiger partial charge is 0.242 e. The molecule has 0 bridgehead atoms. The lowest BCUT2D eigenvalue weighted by molar-refractivity contribution is -0.150. The first-order valence-electron chi connectivity index (χ1n) is 10.6. The molecule has 1 amide bonds. The Balaban J connectivity index is 1.34. The number of rotatable bonds is 2. The third-order valence-corrected chi connectivity index (χ3v) is 7.87. The molecule has 6 heteroatoms. The van der Waals surface area contributed by atoms with E-state index in [1.54, 1.807) is 0 Å². The lowest BCUT2D eigenvalue weighted by Gasteiger charge is -2.45. The van der Waals surface area contributed by atoms with Gasteiger partial charge in [-0.3, -0.25) is 9.69 Å². The first kappa shape index (κ1) is 19.2. The van der Waals surface area contributed by atoms with Crippen molar-refractivity contribution in [2.24, 2.45) is 0 Å². The third-order valence-electron chi connectivity index (χ3n) is 6.63. The van der Waals surface area contributed by atoms with Crippen LogP contribution in [0.15, 0.2) is 36.4 Å². The SMILES string of the molecule is CN1CCOC[C@H]1C(=O)N1CCC2(CC1)OCCc1sc(-c3ccccc3)cc12. The predicted molar refractivity (Wildman–Crippen MR) is 114 cm³/mol. The van der Waals surface area contributed by atoms with Crippen LogP contribution in [0.25, 0.3) is 10.4 Å². The van der Waals surface area contributed by atoms with Crippen molar-refractivity contribution in [2.75, 3.05) is 46.5 Å². The normalized spacial score (nSPS) is 24.4. The van der Waals surface area contributed by atoms with Crippen LogP contribution >= 0.6 is 11.3 Å². The number of carbonyl (C=O) groups excluding carboxylic acids is 1. The van der Waals surface area contributed by atoms with E-state index in [9.17, 15) is 4.79 Å². The van der Waals surface area contributed by atoms with Crippen LogP contribution in [0.3, 0.4) is 0 Å². The number of carbonyl (C=O) groups is 1. The molecule has 2 fully saturated rings. The van der Waals surface area contributed by atoms with Gasteiger partial charge in [0, 0.05) is 35.8 Å². The maximum atomic E-state index is 13.0. The zero-order chi connectivity index (χ0) is 19.8. The Morgan fingerprint density at radius 1 is 1.14 bits per heavy atom. The molecule has 2 aromatic rings. The zero-order valence-corrected chi connectivity index (χ0v) is 17.7. The molecule has 4 heterocycles. The van der Waals surface area contributed by atoms with Crippen LogP contribution in [0.4, 0.5) is 0 Å². The van der Waals surface area contributed by atoms with Gasteiger partial charge in [-0.15, -0.1) is 11.3 Å². The number of piperidine rings is 1. The molecule has 5 rings (SSSR count). The highest BCUT2D eigenvalue weighted by molar-refractivity contribution is 7.15. The summed E-state index contributed by atoms with van der Waals surface area (Å²) in [4.78, 5) is 19.9. The van der Waals surface area contributed by atoms with Gasteiger partial charge in [0.2, 0.25) is 5.91 Å². The lowest BCUT2D eigenvalue weighted by atomic mass is 9.82. The molecule has 1 aromatic carbocycles. The quantitative estimate of drug-likeness (QED) is 0.760. The van der Waals surface area contributed by atoms with Crippen molar-refractivity contribution < 1.29 is 14.3 Å². The van der Waals surface area contributed by atoms with E-state index >= 15 is 0 Å². The summed E-state index contributed by atoms with van der Waals surface area (Å²) in [6.45, 7) is 4.30. The Bertz CT molecular complexity index is 874. The highest BCUT2D eigenvalue weighted by atomic mass is 32.1. The monoisotopic (exact) mass is 412 g/mol. The molecule has 0 radical (unpaired) electrons. The second-order valence-electron chi connectivity index (χ2n) is 8.30. The topological polar surface area (TPSA) is 42.0 Å². The van der Waals surface area contributed by atoms with Crippen molar-refractivity contribution in [2.45, 2.75) is 30.9 Å². The van der Waals surface area contributed by atoms with Crippen LogP contribution in [-0.2, 0) is 26.3 Å². The Morgan fingerprint density at radius 3 is 2.69 bits per heavy atom. The van der Waals surface area contributed by atoms with Gasteiger partial charge in [-0.05, 0) is 37.1 Å². The zero-order valence-electron chi connectivity index (χ0n) is 16.9. The minimum absolute atomic E-state index is 0.147. The molecular formula is C23H28N2O3S. The number of hydrogen-bond acceptors (Lipinski definition) is 5. The largest absolute Gasteiger partial charge is 0.378 e. The highest BCUT2D eigenvalue weighted by Gasteiger charge is 2.44. The molecule has 1 aromatic heterocycles. The summed E-state index contributed by atoms with van der Waals surface area (Å²) in [5, 5.41) is 0. The molecule has 29 heavy (non-hydrogen) atoms. The number of hydrogen-bond donors (Lipinski definition) is 0. The molecule has 1 atom stereocenters. The van der Waals surface area contributed by atoms with Crippen molar-refractivity contribution >= 4 is 17.2 Å². The van der Waals surface area contributed by atoms with E-state index in [-0.39, 0.29) is 17.6 Å². The molecule has 0 unspecified atom stereocenters. The molecule has 0 N–H and O–H groups in total. The van der Waals surface area contributed by atoms with Crippen LogP contribution in [0, 0.1) is 0 Å². The Labute approximate surface area is 176 Å². The summed E-state index contributed by atoms with van der Waals surface area (Å²) < 4.78 is 12.0. The summed E-state index contributed by atoms with van der Waals surface area (Å²) in [7, 11) is 2.02. The molecule has 2 saturated heterocycles. The minimum Gasteiger partial charge on any atom is -0.378 e. The molecule has 0 saturated carbocycles. The predicted octanol–water partition coefficient (Wildman–Crippen LogP) is 3.14. The number of benzene rings is 1. The number of morpholine rings is 1. The fourth-order valence-corrected chi connectivity index (χ4v) is 6.06. The number of amides is 1. The first-order chi connectivity index (χ1) is 14.2. The van der Waals surface area contributed by atoms with Crippen LogP contribution in [-0.4, -0.2) is 68.3 Å². The average molecular weight is 413 g/mol. The molecule has 5 nitrogen and oxygen atoms in total. The van der Waals surface area contributed by atoms with Crippen molar-refractivity contribution in [1.29, 1.82) is 0 Å². The Hall–Kier alpha value is -1.73. The van der Waals surface area contributed by atoms with Crippen LogP contribution in [0.1, 0.15) is 23.3 Å². The van der Waals surface area contributed by atoms with Crippen molar-refractivity contribution in [3.8, 4) is 10.4 Å². The third kappa shape index (κ3) is 3.52. The van der Waals surface area contributed by atoms with Crippen LogP contribution < -0.4 is 0 Å². The van der Waals surface area contributed by atoms with Crippen molar-refractivity contribution in [3.05, 3.63) is 46.8 Å². The van der Waals surface area contributed by atoms with Gasteiger partial charge in [0.15, 0.2) is 0 Å². The number of ether oxygens (including phenoxy) is 2. The molecule has 154 valence electrons. The Kier molecular flexibility index (Phi) is 5.20. The maximum absolute atomic E-state index is 13.0. The molecule has 0 aliphatic carbocycles. The lowest BCUT2D eigenvalue weighted by Crippen LogP contribution is -2.56. The van der Waals surface area contributed by atoms with E-state index in [2.05, 4.69) is 41.3 Å². The average Bonchev–Trinajstić information content (AvgIpc) is 3.21. The molecule has 1 spiro atoms. The summed E-state index contributed by atoms with van der Waals surface area (Å²) in [5.74, 6) is 0.202. The van der Waals surface area contributed by atoms with E-state index < -0.39 is 0 Å². The minimum atomic E-state index is -0.233. The molecular weight excluding hydrogens is 384 g/mol. The van der Waals surface area contributed by atoms with Gasteiger partial charge < -0.3 is 14.4 Å². The van der Waals surface area contributed by atoms with E-state index in [0.717, 1.165) is 45.5 Å². The fraction of sp³-hybridized carbons (Fsp3) is 0.522. The van der Waals surface area contributed by atoms with E-state index in [4.69, 9.17) is 9.47 Å². The standard InChI is InChI=1S/C23H28N2O3S/c1-24-12-14-27-16-19(24)22(26)25-10-8-23(9-11-25)18-15-21(17-5-3-2-4-6-17)29-20(18)7-13-28-23/h2-6,15,19H,7-14,16H2,1H3/t19-/m0/s1. The summed E-state index contributed by atoms with van der Waals surface area (Å²) in [6.07, 6.45) is 2.73. The molecule has 3 aliphatic heterocycles. The van der Waals surface area contributed by atoms with E-state index in [1.165, 1.54) is 20.9 Å². The number of likely N-dealkylation sites (tertiary alicyclic amines) is 1. The summed E-state index contributed by atoms with van der Waals surface area (Å²) in [5.41, 5.74) is 2.40. The highest BCUT2D eigenvalue weighted by Crippen LogP contribution is 2.46. The van der Waals surface area contributed by atoms with Crippen molar-refractivity contribution in [1.82, 2.24) is 9.80 Å². The van der Waals surface area contributed by atoms with Gasteiger partial charge in [-0.2, -0.15) is 0 Å². The Morgan fingerprint density at radius 2 is 1.93 bits per heavy atom. The van der Waals surface area contributed by atoms with Crippen LogP contribution in [0.2, 0.25) is 0 Å². The van der Waals surface area contributed by atoms with Gasteiger partial charge in [0.05, 0.1) is 25.4 Å². The van der Waals surface area contributed by atoms with Gasteiger partial charge in [0.25, 0.3) is 0 Å². The molecule has 3 aliphatic rings. The van der Waals surface area contributed by atoms with Gasteiger partial charge in [-0.25, -0.2) is 0 Å². The second kappa shape index (κ2) is 7.84. The summed E-state index contributed by atoms with van der Waals surface area (Å²) in [6, 6.07) is 12.8. The van der Waals surface area contributed by atoms with E-state index in [1.807, 2.05) is 23.3 Å². The van der Waals surface area contributed by atoms with Gasteiger partial charge in [-0.1, -0.05) is 30.3 Å². The summed E-state index contributed by atoms with van der Waals surface area (Å²) >= 11 is 1.90. The van der Waals surface area contributed by atoms with Gasteiger partial charge in [0.1, 0.15) is 6.04 Å². The number of likely N-dealkylation sites (N-methyl/N-ethyl adjacent to an activating group) is 1. The number of thiophene rings is 1. The van der Waals surface area contributed by atoms with Gasteiger partial charge >= 0.3 is 0 Å². The fourth-order valence-electron chi connectivity index (χ4n) is 4.82. The van der Waals surface area contributed by atoms with E-state index in [0.29, 0.717) is 13.2 Å². The van der Waals surface area contributed by atoms with Crippen molar-refractivity contribution in [3.63, 3.8) is 0 Å².